The van der Waals surface area contributed by atoms with Gasteiger partial charge in [0.2, 0.25) is 5.91 Å². The molecule has 128 valence electrons. The van der Waals surface area contributed by atoms with Crippen LogP contribution in [0.2, 0.25) is 0 Å². The van der Waals surface area contributed by atoms with Gasteiger partial charge in [0, 0.05) is 37.2 Å². The second-order valence-corrected chi connectivity index (χ2v) is 7.02. The zero-order chi connectivity index (χ0) is 17.0. The molecule has 1 aromatic heterocycles. The van der Waals surface area contributed by atoms with Crippen LogP contribution >= 0.6 is 11.8 Å². The van der Waals surface area contributed by atoms with Crippen molar-refractivity contribution in [2.75, 3.05) is 25.2 Å². The van der Waals surface area contributed by atoms with Gasteiger partial charge in [-0.15, -0.1) is 0 Å². The van der Waals surface area contributed by atoms with Gasteiger partial charge in [0.15, 0.2) is 0 Å². The van der Waals surface area contributed by atoms with Crippen LogP contribution in [0.25, 0.3) is 0 Å². The Morgan fingerprint density at radius 2 is 2.13 bits per heavy atom. The molecule has 0 saturated carbocycles. The predicted octanol–water partition coefficient (Wildman–Crippen LogP) is 1.48. The van der Waals surface area contributed by atoms with Crippen molar-refractivity contribution in [2.45, 2.75) is 39.2 Å². The number of methoxy groups -OCH3 is 1. The SMILES string of the molecule is COC(=O)C[C@@H]1CSCCN1C(=O)CCc1c(C)nn(C)c1C. The monoisotopic (exact) mass is 339 g/mol. The van der Waals surface area contributed by atoms with E-state index in [9.17, 15) is 9.59 Å². The van der Waals surface area contributed by atoms with Crippen molar-refractivity contribution in [1.29, 1.82) is 0 Å². The summed E-state index contributed by atoms with van der Waals surface area (Å²) >= 11 is 1.78. The minimum Gasteiger partial charge on any atom is -0.469 e. The first-order valence-electron chi connectivity index (χ1n) is 7.87. The molecule has 1 aliphatic rings. The van der Waals surface area contributed by atoms with Gasteiger partial charge >= 0.3 is 5.97 Å². The molecule has 23 heavy (non-hydrogen) atoms. The smallest absolute Gasteiger partial charge is 0.307 e. The third-order valence-corrected chi connectivity index (χ3v) is 5.52. The Hall–Kier alpha value is -1.50. The lowest BCUT2D eigenvalue weighted by molar-refractivity contribution is -0.143. The number of amides is 1. The summed E-state index contributed by atoms with van der Waals surface area (Å²) < 4.78 is 6.60. The van der Waals surface area contributed by atoms with E-state index in [-0.39, 0.29) is 24.3 Å². The molecule has 0 radical (unpaired) electrons. The third-order valence-electron chi connectivity index (χ3n) is 4.43. The number of nitrogens with zero attached hydrogens (tertiary/aromatic N) is 3. The van der Waals surface area contributed by atoms with Crippen LogP contribution in [0.4, 0.5) is 0 Å². The highest BCUT2D eigenvalue weighted by atomic mass is 32.2. The molecule has 1 amide bonds. The van der Waals surface area contributed by atoms with E-state index in [1.165, 1.54) is 7.11 Å². The molecule has 2 heterocycles. The summed E-state index contributed by atoms with van der Waals surface area (Å²) in [5, 5.41) is 4.39. The van der Waals surface area contributed by atoms with Gasteiger partial charge in [-0.3, -0.25) is 14.3 Å². The fraction of sp³-hybridized carbons (Fsp3) is 0.688. The Kier molecular flexibility index (Phi) is 6.10. The average molecular weight is 339 g/mol. The quantitative estimate of drug-likeness (QED) is 0.760. The minimum absolute atomic E-state index is 0.0511. The van der Waals surface area contributed by atoms with E-state index < -0.39 is 0 Å². The third kappa shape index (κ3) is 4.28. The highest BCUT2D eigenvalue weighted by molar-refractivity contribution is 7.99. The van der Waals surface area contributed by atoms with Crippen LogP contribution in [0.5, 0.6) is 0 Å². The number of esters is 1. The Morgan fingerprint density at radius 1 is 1.39 bits per heavy atom. The van der Waals surface area contributed by atoms with E-state index >= 15 is 0 Å². The summed E-state index contributed by atoms with van der Waals surface area (Å²) in [6.45, 7) is 4.71. The maximum atomic E-state index is 12.6. The highest BCUT2D eigenvalue weighted by Crippen LogP contribution is 2.21. The van der Waals surface area contributed by atoms with E-state index in [1.54, 1.807) is 11.8 Å². The topological polar surface area (TPSA) is 64.4 Å². The fourth-order valence-corrected chi connectivity index (χ4v) is 4.05. The fourth-order valence-electron chi connectivity index (χ4n) is 2.98. The molecule has 7 heteroatoms. The van der Waals surface area contributed by atoms with E-state index in [0.717, 1.165) is 28.5 Å². The van der Waals surface area contributed by atoms with Gasteiger partial charge in [-0.2, -0.15) is 16.9 Å². The van der Waals surface area contributed by atoms with E-state index in [2.05, 4.69) is 5.10 Å². The van der Waals surface area contributed by atoms with Crippen LogP contribution in [0, 0.1) is 13.8 Å². The average Bonchev–Trinajstić information content (AvgIpc) is 2.78. The van der Waals surface area contributed by atoms with Crippen LogP contribution < -0.4 is 0 Å². The second kappa shape index (κ2) is 7.86. The lowest BCUT2D eigenvalue weighted by Gasteiger charge is -2.35. The first kappa shape index (κ1) is 17.8. The zero-order valence-corrected chi connectivity index (χ0v) is 15.1. The number of rotatable bonds is 5. The molecular formula is C16H25N3O3S. The Balaban J connectivity index is 1.98. The van der Waals surface area contributed by atoms with Gasteiger partial charge in [0.1, 0.15) is 0 Å². The van der Waals surface area contributed by atoms with E-state index in [1.807, 2.05) is 30.5 Å². The molecule has 0 unspecified atom stereocenters. The Morgan fingerprint density at radius 3 is 2.74 bits per heavy atom. The number of thioether (sulfide) groups is 1. The number of aromatic nitrogens is 2. The largest absolute Gasteiger partial charge is 0.469 e. The number of hydrogen-bond donors (Lipinski definition) is 0. The van der Waals surface area contributed by atoms with Crippen molar-refractivity contribution in [3.05, 3.63) is 17.0 Å². The van der Waals surface area contributed by atoms with Crippen LogP contribution in [-0.2, 0) is 27.8 Å². The minimum atomic E-state index is -0.255. The number of aryl methyl sites for hydroxylation is 2. The molecule has 2 rings (SSSR count). The molecule has 6 nitrogen and oxygen atoms in total. The summed E-state index contributed by atoms with van der Waals surface area (Å²) in [5.41, 5.74) is 3.24. The first-order valence-corrected chi connectivity index (χ1v) is 9.02. The number of carbonyl (C=O) groups is 2. The normalized spacial score (nSPS) is 18.1. The Bertz CT molecular complexity index is 585. The van der Waals surface area contributed by atoms with Crippen molar-refractivity contribution in [2.24, 2.45) is 7.05 Å². The van der Waals surface area contributed by atoms with Gasteiger partial charge in [-0.25, -0.2) is 0 Å². The molecule has 0 bridgehead atoms. The van der Waals surface area contributed by atoms with Gasteiger partial charge in [-0.1, -0.05) is 0 Å². The van der Waals surface area contributed by atoms with Gasteiger partial charge in [0.05, 0.1) is 25.3 Å². The van der Waals surface area contributed by atoms with E-state index in [4.69, 9.17) is 4.74 Å². The second-order valence-electron chi connectivity index (χ2n) is 5.87. The first-order chi connectivity index (χ1) is 10.9. The molecule has 1 aromatic rings. The zero-order valence-electron chi connectivity index (χ0n) is 14.3. The number of ether oxygens (including phenoxy) is 1. The van der Waals surface area contributed by atoms with Gasteiger partial charge in [0.25, 0.3) is 0 Å². The summed E-state index contributed by atoms with van der Waals surface area (Å²) in [4.78, 5) is 26.0. The molecule has 0 aliphatic carbocycles. The standard InChI is InChI=1S/C16H25N3O3S/c1-11-14(12(2)18(3)17-11)5-6-15(20)19-7-8-23-10-13(19)9-16(21)22-4/h13H,5-10H2,1-4H3/t13-/m1/s1. The van der Waals surface area contributed by atoms with Crippen molar-refractivity contribution in [3.8, 4) is 0 Å². The maximum Gasteiger partial charge on any atom is 0.307 e. The molecular weight excluding hydrogens is 314 g/mol. The molecule has 0 N–H and O–H groups in total. The predicted molar refractivity (Wildman–Crippen MR) is 90.5 cm³/mol. The molecule has 0 spiro atoms. The van der Waals surface area contributed by atoms with Gasteiger partial charge in [-0.05, 0) is 25.8 Å². The maximum absolute atomic E-state index is 12.6. The van der Waals surface area contributed by atoms with Crippen LogP contribution in [-0.4, -0.2) is 57.8 Å². The number of hydrogen-bond acceptors (Lipinski definition) is 5. The van der Waals surface area contributed by atoms with Crippen LogP contribution in [0.1, 0.15) is 29.8 Å². The van der Waals surface area contributed by atoms with Crippen molar-refractivity contribution in [1.82, 2.24) is 14.7 Å². The van der Waals surface area contributed by atoms with Crippen molar-refractivity contribution >= 4 is 23.6 Å². The summed E-state index contributed by atoms with van der Waals surface area (Å²) in [7, 11) is 3.31. The lowest BCUT2D eigenvalue weighted by Crippen LogP contribution is -2.47. The molecule has 1 saturated heterocycles. The van der Waals surface area contributed by atoms with Crippen LogP contribution in [0.15, 0.2) is 0 Å². The highest BCUT2D eigenvalue weighted by Gasteiger charge is 2.29. The summed E-state index contributed by atoms with van der Waals surface area (Å²) in [6.07, 6.45) is 1.43. The lowest BCUT2D eigenvalue weighted by atomic mass is 10.1. The molecule has 1 aliphatic heterocycles. The van der Waals surface area contributed by atoms with E-state index in [0.29, 0.717) is 19.4 Å². The molecule has 0 aromatic carbocycles. The number of carbonyl (C=O) groups excluding carboxylic acids is 2. The Labute approximate surface area is 141 Å². The van der Waals surface area contributed by atoms with Crippen molar-refractivity contribution in [3.63, 3.8) is 0 Å². The van der Waals surface area contributed by atoms with Crippen LogP contribution in [0.3, 0.4) is 0 Å². The van der Waals surface area contributed by atoms with Gasteiger partial charge < -0.3 is 9.64 Å². The molecule has 1 fully saturated rings. The summed E-state index contributed by atoms with van der Waals surface area (Å²) in [5.74, 6) is 1.58. The molecule has 1 atom stereocenters. The summed E-state index contributed by atoms with van der Waals surface area (Å²) in [6, 6.07) is -0.0511. The van der Waals surface area contributed by atoms with Crippen molar-refractivity contribution < 1.29 is 14.3 Å².